The number of aliphatic hydroxyl groups is 2. The maximum Gasteiger partial charge on any atom is 0.330 e. The third-order valence-electron chi connectivity index (χ3n) is 2.89. The average Bonchev–Trinajstić information content (AvgIpc) is 2.65. The van der Waals surface area contributed by atoms with Gasteiger partial charge in [0.2, 0.25) is 0 Å². The number of rotatable bonds is 2. The number of ether oxygens (including phenoxy) is 1. The van der Waals surface area contributed by atoms with Gasteiger partial charge in [-0.15, -0.1) is 12.6 Å². The van der Waals surface area contributed by atoms with Crippen LogP contribution in [0.4, 0.5) is 0 Å². The molecular formula is C10H14N2O5S. The van der Waals surface area contributed by atoms with E-state index in [1.165, 1.54) is 10.8 Å². The summed E-state index contributed by atoms with van der Waals surface area (Å²) in [4.78, 5) is 25.0. The van der Waals surface area contributed by atoms with E-state index in [1.807, 2.05) is 0 Å². The van der Waals surface area contributed by atoms with Crippen molar-refractivity contribution in [1.82, 2.24) is 9.55 Å². The van der Waals surface area contributed by atoms with Crippen LogP contribution < -0.4 is 11.2 Å². The summed E-state index contributed by atoms with van der Waals surface area (Å²) in [5.41, 5.74) is -1.84. The second kappa shape index (κ2) is 4.88. The summed E-state index contributed by atoms with van der Waals surface area (Å²) in [6.07, 6.45) is -0.992. The Morgan fingerprint density at radius 3 is 2.83 bits per heavy atom. The van der Waals surface area contributed by atoms with E-state index in [0.717, 1.165) is 0 Å². The van der Waals surface area contributed by atoms with Crippen LogP contribution in [-0.2, 0) is 4.74 Å². The van der Waals surface area contributed by atoms with Crippen LogP contribution in [0, 0.1) is 6.92 Å². The molecule has 1 unspecified atom stereocenters. The van der Waals surface area contributed by atoms with Crippen molar-refractivity contribution in [2.24, 2.45) is 0 Å². The molecular weight excluding hydrogens is 260 g/mol. The summed E-state index contributed by atoms with van der Waals surface area (Å²) in [6.45, 7) is 1.56. The Morgan fingerprint density at radius 1 is 1.61 bits per heavy atom. The molecule has 18 heavy (non-hydrogen) atoms. The van der Waals surface area contributed by atoms with Crippen LogP contribution in [0.3, 0.4) is 0 Å². The molecule has 0 spiro atoms. The lowest BCUT2D eigenvalue weighted by Gasteiger charge is -2.17. The molecule has 1 aliphatic heterocycles. The Bertz CT molecular complexity index is 552. The van der Waals surface area contributed by atoms with E-state index in [2.05, 4.69) is 17.6 Å². The van der Waals surface area contributed by atoms with Crippen molar-refractivity contribution in [2.45, 2.75) is 37.2 Å². The monoisotopic (exact) mass is 274 g/mol. The number of H-pyrrole nitrogens is 1. The fraction of sp³-hybridized carbons (Fsp3) is 0.600. The third-order valence-corrected chi connectivity index (χ3v) is 3.18. The van der Waals surface area contributed by atoms with Gasteiger partial charge in [0.1, 0.15) is 17.8 Å². The van der Waals surface area contributed by atoms with Crippen molar-refractivity contribution in [3.8, 4) is 0 Å². The van der Waals surface area contributed by atoms with Crippen LogP contribution >= 0.6 is 12.6 Å². The van der Waals surface area contributed by atoms with Crippen LogP contribution in [0.2, 0.25) is 0 Å². The first-order valence-corrected chi connectivity index (χ1v) is 5.93. The topological polar surface area (TPSA) is 105 Å². The molecule has 1 fully saturated rings. The largest absolute Gasteiger partial charge is 0.390 e. The Labute approximate surface area is 107 Å². The Morgan fingerprint density at radius 2 is 2.28 bits per heavy atom. The molecule has 0 bridgehead atoms. The first-order valence-electron chi connectivity index (χ1n) is 5.42. The van der Waals surface area contributed by atoms with E-state index in [4.69, 9.17) is 4.74 Å². The maximum absolute atomic E-state index is 11.6. The lowest BCUT2D eigenvalue weighted by Crippen LogP contribution is -2.34. The second-order valence-electron chi connectivity index (χ2n) is 4.25. The van der Waals surface area contributed by atoms with Gasteiger partial charge in [-0.2, -0.15) is 0 Å². The van der Waals surface area contributed by atoms with Gasteiger partial charge in [-0.1, -0.05) is 0 Å². The minimum Gasteiger partial charge on any atom is -0.390 e. The van der Waals surface area contributed by atoms with Crippen LogP contribution in [0.25, 0.3) is 0 Å². The fourth-order valence-electron chi connectivity index (χ4n) is 1.92. The number of aliphatic hydroxyl groups excluding tert-OH is 2. The number of hydrogen-bond donors (Lipinski definition) is 4. The Balaban J connectivity index is 2.32. The van der Waals surface area contributed by atoms with Crippen molar-refractivity contribution in [3.63, 3.8) is 0 Å². The van der Waals surface area contributed by atoms with E-state index in [0.29, 0.717) is 5.56 Å². The van der Waals surface area contributed by atoms with Crippen LogP contribution in [0.15, 0.2) is 15.8 Å². The van der Waals surface area contributed by atoms with E-state index < -0.39 is 35.1 Å². The highest BCUT2D eigenvalue weighted by atomic mass is 32.1. The van der Waals surface area contributed by atoms with Crippen molar-refractivity contribution in [3.05, 3.63) is 32.6 Å². The highest BCUT2D eigenvalue weighted by Crippen LogP contribution is 2.30. The molecule has 0 saturated carbocycles. The van der Waals surface area contributed by atoms with Gasteiger partial charge in [-0.25, -0.2) is 4.79 Å². The number of aryl methyl sites for hydroxylation is 1. The molecule has 2 heterocycles. The predicted molar refractivity (Wildman–Crippen MR) is 65.6 cm³/mol. The number of aromatic nitrogens is 2. The molecule has 100 valence electrons. The lowest BCUT2D eigenvalue weighted by atomic mass is 10.2. The van der Waals surface area contributed by atoms with Gasteiger partial charge in [0.25, 0.3) is 5.56 Å². The van der Waals surface area contributed by atoms with Crippen molar-refractivity contribution < 1.29 is 14.9 Å². The number of nitrogens with zero attached hydrogens (tertiary/aromatic N) is 1. The summed E-state index contributed by atoms with van der Waals surface area (Å²) in [6, 6.07) is 0. The summed E-state index contributed by atoms with van der Waals surface area (Å²) in [5.74, 6) is 0. The van der Waals surface area contributed by atoms with Crippen molar-refractivity contribution in [1.29, 1.82) is 0 Å². The van der Waals surface area contributed by atoms with Gasteiger partial charge < -0.3 is 14.9 Å². The van der Waals surface area contributed by atoms with Crippen LogP contribution in [0.5, 0.6) is 0 Å². The summed E-state index contributed by atoms with van der Waals surface area (Å²) in [5, 5.41) is 19.0. The molecule has 0 amide bonds. The number of thiol groups is 1. The molecule has 7 nitrogen and oxygen atoms in total. The molecule has 0 aromatic carbocycles. The van der Waals surface area contributed by atoms with Crippen LogP contribution in [0.1, 0.15) is 18.2 Å². The summed E-state index contributed by atoms with van der Waals surface area (Å²) >= 11 is 3.79. The minimum absolute atomic E-state index is 0.147. The minimum atomic E-state index is -1.13. The van der Waals surface area contributed by atoms with E-state index >= 15 is 0 Å². The number of nitrogens with one attached hydrogen (secondary N) is 1. The molecule has 1 aromatic rings. The number of aromatic amines is 1. The van der Waals surface area contributed by atoms with E-state index in [1.54, 1.807) is 6.92 Å². The molecule has 8 heteroatoms. The molecule has 0 radical (unpaired) electrons. The molecule has 1 aliphatic rings. The quantitative estimate of drug-likeness (QED) is 0.398. The zero-order valence-corrected chi connectivity index (χ0v) is 10.5. The van der Waals surface area contributed by atoms with Gasteiger partial charge in [0, 0.05) is 18.2 Å². The lowest BCUT2D eigenvalue weighted by molar-refractivity contribution is -0.0558. The third kappa shape index (κ3) is 2.37. The molecule has 1 aromatic heterocycles. The normalized spacial score (nSPS) is 29.4. The second-order valence-corrected chi connectivity index (χ2v) is 4.78. The van der Waals surface area contributed by atoms with Gasteiger partial charge in [-0.3, -0.25) is 14.3 Å². The zero-order chi connectivity index (χ0) is 13.4. The summed E-state index contributed by atoms with van der Waals surface area (Å²) < 4.78 is 6.55. The highest BCUT2D eigenvalue weighted by molar-refractivity contribution is 7.80. The first kappa shape index (κ1) is 13.3. The van der Waals surface area contributed by atoms with E-state index in [9.17, 15) is 19.8 Å². The van der Waals surface area contributed by atoms with Gasteiger partial charge in [0.05, 0.1) is 6.10 Å². The molecule has 4 atom stereocenters. The standard InChI is InChI=1S/C10H14N2O5S/c1-4-3-12(10(16)11-8(4)14)6-2-5(13)7(17-6)9(15)18/h3,5-7,9,13,15,18H,2H2,1H3,(H,11,14,16)/t5-,6+,7-,9?/m0/s1. The van der Waals surface area contributed by atoms with Gasteiger partial charge in [-0.05, 0) is 6.92 Å². The Hall–Kier alpha value is -1.09. The molecule has 3 N–H and O–H groups in total. The molecule has 2 rings (SSSR count). The molecule has 0 aliphatic carbocycles. The first-order chi connectivity index (χ1) is 8.40. The zero-order valence-electron chi connectivity index (χ0n) is 9.61. The molecule has 1 saturated heterocycles. The van der Waals surface area contributed by atoms with E-state index in [-0.39, 0.29) is 6.42 Å². The van der Waals surface area contributed by atoms with Crippen molar-refractivity contribution in [2.75, 3.05) is 0 Å². The summed E-state index contributed by atoms with van der Waals surface area (Å²) in [7, 11) is 0. The number of hydrogen-bond acceptors (Lipinski definition) is 6. The van der Waals surface area contributed by atoms with Crippen molar-refractivity contribution >= 4 is 12.6 Å². The fourth-order valence-corrected chi connectivity index (χ4v) is 2.19. The Kier molecular flexibility index (Phi) is 3.62. The highest BCUT2D eigenvalue weighted by Gasteiger charge is 2.38. The average molecular weight is 274 g/mol. The SMILES string of the molecule is Cc1cn([C@H]2C[C@H](O)[C@@H](C(O)S)O2)c(=O)[nH]c1=O. The van der Waals surface area contributed by atoms with Gasteiger partial charge in [0.15, 0.2) is 0 Å². The van der Waals surface area contributed by atoms with Crippen LogP contribution in [-0.4, -0.2) is 37.4 Å². The predicted octanol–water partition coefficient (Wildman–Crippen LogP) is -1.26. The van der Waals surface area contributed by atoms with Gasteiger partial charge >= 0.3 is 5.69 Å². The smallest absolute Gasteiger partial charge is 0.330 e. The maximum atomic E-state index is 11.6.